The molecule has 0 bridgehead atoms. The van der Waals surface area contributed by atoms with E-state index in [1.165, 1.54) is 12.1 Å². The Balaban J connectivity index is 2.14. The first kappa shape index (κ1) is 15.8. The van der Waals surface area contributed by atoms with Crippen molar-refractivity contribution < 1.29 is 22.7 Å². The highest BCUT2D eigenvalue weighted by atomic mass is 19.4. The van der Waals surface area contributed by atoms with Crippen molar-refractivity contribution in [3.63, 3.8) is 0 Å². The van der Waals surface area contributed by atoms with Crippen molar-refractivity contribution in [1.29, 1.82) is 0 Å². The molecular formula is C14H17F3N2O2. The van der Waals surface area contributed by atoms with Crippen LogP contribution in [-0.4, -0.2) is 30.7 Å². The smallest absolute Gasteiger partial charge is 0.376 e. The van der Waals surface area contributed by atoms with E-state index >= 15 is 0 Å². The number of hydrogen-bond donors (Lipinski definition) is 2. The summed E-state index contributed by atoms with van der Waals surface area (Å²) >= 11 is 0. The molecule has 3 unspecified atom stereocenters. The van der Waals surface area contributed by atoms with Gasteiger partial charge in [-0.1, -0.05) is 12.1 Å². The van der Waals surface area contributed by atoms with Gasteiger partial charge in [-0.05, 0) is 25.5 Å². The van der Waals surface area contributed by atoms with Gasteiger partial charge in [-0.2, -0.15) is 13.2 Å². The zero-order chi connectivity index (χ0) is 15.6. The van der Waals surface area contributed by atoms with Crippen LogP contribution < -0.4 is 11.1 Å². The molecule has 1 amide bonds. The predicted octanol–water partition coefficient (Wildman–Crippen LogP) is 1.94. The Morgan fingerprint density at radius 2 is 2.10 bits per heavy atom. The first-order valence-corrected chi connectivity index (χ1v) is 6.69. The fraction of sp³-hybridized carbons (Fsp3) is 0.500. The highest BCUT2D eigenvalue weighted by Crippen LogP contribution is 2.32. The van der Waals surface area contributed by atoms with Gasteiger partial charge in [-0.25, -0.2) is 0 Å². The molecule has 3 N–H and O–H groups in total. The molecule has 1 aliphatic carbocycles. The van der Waals surface area contributed by atoms with E-state index in [1.807, 2.05) is 6.92 Å². The van der Waals surface area contributed by atoms with Crippen molar-refractivity contribution in [1.82, 2.24) is 5.32 Å². The minimum Gasteiger partial charge on any atom is -0.376 e. The summed E-state index contributed by atoms with van der Waals surface area (Å²) in [5.41, 5.74) is 4.42. The Morgan fingerprint density at radius 3 is 2.67 bits per heavy atom. The molecular weight excluding hydrogens is 285 g/mol. The van der Waals surface area contributed by atoms with Crippen LogP contribution >= 0.6 is 0 Å². The van der Waals surface area contributed by atoms with E-state index in [9.17, 15) is 18.0 Å². The molecule has 0 heterocycles. The molecule has 1 fully saturated rings. The Labute approximate surface area is 120 Å². The summed E-state index contributed by atoms with van der Waals surface area (Å²) in [6.07, 6.45) is -4.23. The summed E-state index contributed by atoms with van der Waals surface area (Å²) in [7, 11) is 0. The number of ether oxygens (including phenoxy) is 1. The van der Waals surface area contributed by atoms with E-state index in [1.54, 1.807) is 0 Å². The van der Waals surface area contributed by atoms with Crippen LogP contribution in [0.4, 0.5) is 13.2 Å². The molecule has 1 aromatic carbocycles. The van der Waals surface area contributed by atoms with Gasteiger partial charge < -0.3 is 15.8 Å². The third-order valence-corrected chi connectivity index (χ3v) is 3.52. The van der Waals surface area contributed by atoms with Gasteiger partial charge in [0.25, 0.3) is 5.91 Å². The Kier molecular flexibility index (Phi) is 4.53. The number of rotatable bonds is 4. The van der Waals surface area contributed by atoms with E-state index < -0.39 is 29.3 Å². The summed E-state index contributed by atoms with van der Waals surface area (Å²) in [5, 5.41) is 2.54. The summed E-state index contributed by atoms with van der Waals surface area (Å²) in [5.74, 6) is -0.784. The van der Waals surface area contributed by atoms with Gasteiger partial charge in [0, 0.05) is 12.6 Å². The molecule has 7 heteroatoms. The maximum absolute atomic E-state index is 12.9. The third kappa shape index (κ3) is 3.36. The molecule has 0 saturated heterocycles. The summed E-state index contributed by atoms with van der Waals surface area (Å²) < 4.78 is 44.0. The lowest BCUT2D eigenvalue weighted by molar-refractivity contribution is -0.138. The van der Waals surface area contributed by atoms with Crippen LogP contribution in [0.5, 0.6) is 0 Å². The highest BCUT2D eigenvalue weighted by Gasteiger charge is 2.41. The second kappa shape index (κ2) is 6.03. The lowest BCUT2D eigenvalue weighted by atomic mass is 9.83. The topological polar surface area (TPSA) is 64.3 Å². The summed E-state index contributed by atoms with van der Waals surface area (Å²) in [6.45, 7) is 2.27. The van der Waals surface area contributed by atoms with Gasteiger partial charge in [0.1, 0.15) is 0 Å². The maximum Gasteiger partial charge on any atom is 0.417 e. The normalized spacial score (nSPS) is 25.3. The van der Waals surface area contributed by atoms with Gasteiger partial charge in [0.05, 0.1) is 23.3 Å². The molecule has 0 spiro atoms. The second-order valence-electron chi connectivity index (χ2n) is 4.94. The molecule has 4 nitrogen and oxygen atoms in total. The molecule has 3 atom stereocenters. The van der Waals surface area contributed by atoms with E-state index in [2.05, 4.69) is 5.32 Å². The van der Waals surface area contributed by atoms with Gasteiger partial charge >= 0.3 is 6.18 Å². The average molecular weight is 302 g/mol. The monoisotopic (exact) mass is 302 g/mol. The molecule has 1 aromatic rings. The van der Waals surface area contributed by atoms with Crippen molar-refractivity contribution in [2.24, 2.45) is 5.73 Å². The fourth-order valence-electron chi connectivity index (χ4n) is 2.38. The van der Waals surface area contributed by atoms with Crippen LogP contribution in [0.15, 0.2) is 24.3 Å². The Hall–Kier alpha value is -1.60. The standard InChI is InChI=1S/C14H17F3N2O2/c1-2-21-11-7-10(18)12(11)19-13(20)8-5-3-4-6-9(8)14(15,16)17/h3-6,10-12H,2,7,18H2,1H3,(H,19,20). The maximum atomic E-state index is 12.9. The molecule has 21 heavy (non-hydrogen) atoms. The molecule has 1 aliphatic rings. The lowest BCUT2D eigenvalue weighted by Crippen LogP contribution is -2.64. The van der Waals surface area contributed by atoms with E-state index in [4.69, 9.17) is 10.5 Å². The van der Waals surface area contributed by atoms with Crippen LogP contribution in [0, 0.1) is 0 Å². The van der Waals surface area contributed by atoms with Gasteiger partial charge in [-0.3, -0.25) is 4.79 Å². The molecule has 116 valence electrons. The van der Waals surface area contributed by atoms with Gasteiger partial charge in [0.2, 0.25) is 0 Å². The minimum absolute atomic E-state index is 0.244. The fourth-order valence-corrected chi connectivity index (χ4v) is 2.38. The number of carbonyl (C=O) groups excluding carboxylic acids is 1. The van der Waals surface area contributed by atoms with Crippen LogP contribution in [0.1, 0.15) is 29.3 Å². The Morgan fingerprint density at radius 1 is 1.43 bits per heavy atom. The number of carbonyl (C=O) groups is 1. The van der Waals surface area contributed by atoms with Crippen molar-refractivity contribution in [2.75, 3.05) is 6.61 Å². The summed E-state index contributed by atoms with van der Waals surface area (Å²) in [6, 6.07) is 3.92. The largest absolute Gasteiger partial charge is 0.417 e. The molecule has 0 aromatic heterocycles. The molecule has 1 saturated carbocycles. The van der Waals surface area contributed by atoms with Crippen molar-refractivity contribution in [3.05, 3.63) is 35.4 Å². The predicted molar refractivity (Wildman–Crippen MR) is 70.7 cm³/mol. The first-order valence-electron chi connectivity index (χ1n) is 6.69. The van der Waals surface area contributed by atoms with Crippen molar-refractivity contribution in [3.8, 4) is 0 Å². The van der Waals surface area contributed by atoms with E-state index in [0.29, 0.717) is 13.0 Å². The van der Waals surface area contributed by atoms with E-state index in [-0.39, 0.29) is 12.1 Å². The molecule has 0 radical (unpaired) electrons. The van der Waals surface area contributed by atoms with Crippen molar-refractivity contribution in [2.45, 2.75) is 37.7 Å². The highest BCUT2D eigenvalue weighted by molar-refractivity contribution is 5.96. The third-order valence-electron chi connectivity index (χ3n) is 3.52. The number of alkyl halides is 3. The number of hydrogen-bond acceptors (Lipinski definition) is 3. The summed E-state index contributed by atoms with van der Waals surface area (Å²) in [4.78, 5) is 12.1. The van der Waals surface area contributed by atoms with Crippen LogP contribution in [0.25, 0.3) is 0 Å². The number of benzene rings is 1. The van der Waals surface area contributed by atoms with E-state index in [0.717, 1.165) is 12.1 Å². The van der Waals surface area contributed by atoms with Crippen LogP contribution in [0.3, 0.4) is 0 Å². The average Bonchev–Trinajstić information content (AvgIpc) is 2.43. The lowest BCUT2D eigenvalue weighted by Gasteiger charge is -2.42. The number of halogens is 3. The van der Waals surface area contributed by atoms with Crippen molar-refractivity contribution >= 4 is 5.91 Å². The zero-order valence-electron chi connectivity index (χ0n) is 11.5. The van der Waals surface area contributed by atoms with Crippen LogP contribution in [-0.2, 0) is 10.9 Å². The van der Waals surface area contributed by atoms with Gasteiger partial charge in [-0.15, -0.1) is 0 Å². The Bertz CT molecular complexity index is 517. The molecule has 2 rings (SSSR count). The minimum atomic E-state index is -4.57. The second-order valence-corrected chi connectivity index (χ2v) is 4.94. The van der Waals surface area contributed by atoms with Gasteiger partial charge in [0.15, 0.2) is 0 Å². The first-order chi connectivity index (χ1) is 9.84. The quantitative estimate of drug-likeness (QED) is 0.893. The number of nitrogens with one attached hydrogen (secondary N) is 1. The van der Waals surface area contributed by atoms with Crippen LogP contribution in [0.2, 0.25) is 0 Å². The zero-order valence-corrected chi connectivity index (χ0v) is 11.5. The molecule has 0 aliphatic heterocycles. The SMILES string of the molecule is CCOC1CC(N)C1NC(=O)c1ccccc1C(F)(F)F. The number of amides is 1. The number of nitrogens with two attached hydrogens (primary N) is 1.